The average molecular weight is 324 g/mol. The number of carbonyl (C=O) groups is 1. The minimum Gasteiger partial charge on any atom is -0.366 e. The molecule has 1 aromatic heterocycles. The fourth-order valence-electron chi connectivity index (χ4n) is 3.26. The minimum absolute atomic E-state index is 0.0886. The number of aromatic nitrogens is 2. The molecule has 1 aliphatic heterocycles. The minimum atomic E-state index is 0.0886. The zero-order valence-corrected chi connectivity index (χ0v) is 13.4. The van der Waals surface area contributed by atoms with Crippen molar-refractivity contribution in [2.24, 2.45) is 0 Å². The normalized spacial score (nSPS) is 25.0. The van der Waals surface area contributed by atoms with Crippen LogP contribution < -0.4 is 10.6 Å². The van der Waals surface area contributed by atoms with E-state index in [1.165, 1.54) is 6.20 Å². The monoisotopic (exact) mass is 323 g/mol. The summed E-state index contributed by atoms with van der Waals surface area (Å²) in [6, 6.07) is 0.614. The lowest BCUT2D eigenvalue weighted by Gasteiger charge is -2.31. The summed E-state index contributed by atoms with van der Waals surface area (Å²) in [6.45, 7) is 1.77. The molecule has 3 rings (SSSR count). The van der Waals surface area contributed by atoms with Crippen molar-refractivity contribution in [1.29, 1.82) is 0 Å². The van der Waals surface area contributed by atoms with Gasteiger partial charge in [-0.1, -0.05) is 11.6 Å². The number of nitrogens with zero attached hydrogens (tertiary/aromatic N) is 3. The molecular formula is C15H22ClN5O. The molecule has 0 radical (unpaired) electrons. The van der Waals surface area contributed by atoms with Crippen LogP contribution in [0.2, 0.25) is 5.15 Å². The topological polar surface area (TPSA) is 70.1 Å². The van der Waals surface area contributed by atoms with Gasteiger partial charge in [0.2, 0.25) is 0 Å². The first-order valence-electron chi connectivity index (χ1n) is 8.00. The van der Waals surface area contributed by atoms with Crippen LogP contribution >= 0.6 is 11.6 Å². The maximum Gasteiger partial charge on any atom is 0.317 e. The Morgan fingerprint density at radius 1 is 1.18 bits per heavy atom. The van der Waals surface area contributed by atoms with Gasteiger partial charge < -0.3 is 15.5 Å². The number of nitrogens with one attached hydrogen (secondary N) is 2. The number of amides is 2. The van der Waals surface area contributed by atoms with Crippen molar-refractivity contribution >= 4 is 23.4 Å². The predicted molar refractivity (Wildman–Crippen MR) is 86.0 cm³/mol. The number of hydrogen-bond acceptors (Lipinski definition) is 4. The zero-order valence-electron chi connectivity index (χ0n) is 12.6. The Morgan fingerprint density at radius 2 is 1.95 bits per heavy atom. The van der Waals surface area contributed by atoms with Crippen molar-refractivity contribution in [1.82, 2.24) is 20.2 Å². The van der Waals surface area contributed by atoms with Crippen LogP contribution in [0.15, 0.2) is 12.4 Å². The highest BCUT2D eigenvalue weighted by Crippen LogP contribution is 2.22. The number of likely N-dealkylation sites (tertiary alicyclic amines) is 1. The van der Waals surface area contributed by atoms with Crippen molar-refractivity contribution in [2.45, 2.75) is 50.6 Å². The highest BCUT2D eigenvalue weighted by molar-refractivity contribution is 6.29. The van der Waals surface area contributed by atoms with E-state index in [2.05, 4.69) is 20.6 Å². The highest BCUT2D eigenvalue weighted by Gasteiger charge is 2.26. The zero-order chi connectivity index (χ0) is 15.4. The predicted octanol–water partition coefficient (Wildman–Crippen LogP) is 2.66. The van der Waals surface area contributed by atoms with Gasteiger partial charge in [-0.2, -0.15) is 0 Å². The molecule has 1 saturated heterocycles. The number of halogens is 1. The van der Waals surface area contributed by atoms with Gasteiger partial charge in [0, 0.05) is 25.2 Å². The highest BCUT2D eigenvalue weighted by atomic mass is 35.5. The lowest BCUT2D eigenvalue weighted by Crippen LogP contribution is -2.47. The lowest BCUT2D eigenvalue weighted by atomic mass is 9.91. The fourth-order valence-corrected chi connectivity index (χ4v) is 3.41. The summed E-state index contributed by atoms with van der Waals surface area (Å²) in [4.78, 5) is 22.3. The molecule has 2 atom stereocenters. The van der Waals surface area contributed by atoms with Gasteiger partial charge in [-0.3, -0.25) is 4.98 Å². The molecule has 2 fully saturated rings. The Labute approximate surface area is 135 Å². The number of carbonyl (C=O) groups excluding carboxylic acids is 1. The summed E-state index contributed by atoms with van der Waals surface area (Å²) in [6.07, 6.45) is 9.56. The smallest absolute Gasteiger partial charge is 0.317 e. The summed E-state index contributed by atoms with van der Waals surface area (Å²) in [5, 5.41) is 6.93. The van der Waals surface area contributed by atoms with E-state index < -0.39 is 0 Å². The average Bonchev–Trinajstić information content (AvgIpc) is 3.02. The summed E-state index contributed by atoms with van der Waals surface area (Å²) < 4.78 is 0. The summed E-state index contributed by atoms with van der Waals surface area (Å²) in [5.41, 5.74) is 0. The SMILES string of the molecule is O=C(N[C@@H]1CCC[C@H](Nc2cncc(Cl)n2)C1)N1CCCC1. The molecule has 22 heavy (non-hydrogen) atoms. The molecule has 2 aliphatic rings. The second-order valence-corrected chi connectivity index (χ2v) is 6.46. The van der Waals surface area contributed by atoms with Crippen LogP contribution in [0.4, 0.5) is 10.6 Å². The third-order valence-corrected chi connectivity index (χ3v) is 4.53. The van der Waals surface area contributed by atoms with Crippen molar-refractivity contribution in [3.63, 3.8) is 0 Å². The molecular weight excluding hydrogens is 302 g/mol. The Morgan fingerprint density at radius 3 is 2.73 bits per heavy atom. The maximum absolute atomic E-state index is 12.2. The van der Waals surface area contributed by atoms with Crippen molar-refractivity contribution in [3.8, 4) is 0 Å². The number of rotatable bonds is 3. The third-order valence-electron chi connectivity index (χ3n) is 4.35. The maximum atomic E-state index is 12.2. The molecule has 120 valence electrons. The van der Waals surface area contributed by atoms with Gasteiger partial charge in [0.1, 0.15) is 11.0 Å². The largest absolute Gasteiger partial charge is 0.366 e. The molecule has 0 unspecified atom stereocenters. The van der Waals surface area contributed by atoms with E-state index in [9.17, 15) is 4.79 Å². The number of anilines is 1. The van der Waals surface area contributed by atoms with Gasteiger partial charge in [-0.05, 0) is 38.5 Å². The first-order valence-corrected chi connectivity index (χ1v) is 8.38. The summed E-state index contributed by atoms with van der Waals surface area (Å²) in [7, 11) is 0. The molecule has 7 heteroatoms. The second kappa shape index (κ2) is 7.13. The Hall–Kier alpha value is -1.56. The molecule has 2 heterocycles. The van der Waals surface area contributed by atoms with Gasteiger partial charge >= 0.3 is 6.03 Å². The quantitative estimate of drug-likeness (QED) is 0.897. The Kier molecular flexibility index (Phi) is 4.97. The number of urea groups is 1. The summed E-state index contributed by atoms with van der Waals surface area (Å²) >= 11 is 5.86. The molecule has 0 bridgehead atoms. The van der Waals surface area contributed by atoms with Crippen molar-refractivity contribution < 1.29 is 4.79 Å². The van der Waals surface area contributed by atoms with Gasteiger partial charge in [0.25, 0.3) is 0 Å². The van der Waals surface area contributed by atoms with E-state index in [4.69, 9.17) is 11.6 Å². The van der Waals surface area contributed by atoms with E-state index in [-0.39, 0.29) is 12.1 Å². The van der Waals surface area contributed by atoms with Crippen LogP contribution in [0.3, 0.4) is 0 Å². The van der Waals surface area contributed by atoms with Gasteiger partial charge in [0.05, 0.1) is 12.4 Å². The third kappa shape index (κ3) is 4.00. The Balaban J connectivity index is 1.51. The van der Waals surface area contributed by atoms with Crippen molar-refractivity contribution in [2.75, 3.05) is 18.4 Å². The van der Waals surface area contributed by atoms with Crippen LogP contribution in [-0.4, -0.2) is 46.1 Å². The van der Waals surface area contributed by atoms with Crippen LogP contribution in [0.5, 0.6) is 0 Å². The molecule has 2 amide bonds. The molecule has 1 aliphatic carbocycles. The van der Waals surface area contributed by atoms with E-state index in [0.717, 1.165) is 51.6 Å². The molecule has 1 aromatic rings. The van der Waals surface area contributed by atoms with E-state index in [0.29, 0.717) is 17.0 Å². The molecule has 0 spiro atoms. The second-order valence-electron chi connectivity index (χ2n) is 6.08. The van der Waals surface area contributed by atoms with Crippen LogP contribution in [-0.2, 0) is 0 Å². The van der Waals surface area contributed by atoms with Crippen LogP contribution in [0, 0.1) is 0 Å². The van der Waals surface area contributed by atoms with Gasteiger partial charge in [0.15, 0.2) is 0 Å². The molecule has 1 saturated carbocycles. The van der Waals surface area contributed by atoms with E-state index in [1.807, 2.05) is 4.90 Å². The molecule has 0 aromatic carbocycles. The first-order chi connectivity index (χ1) is 10.7. The first kappa shape index (κ1) is 15.3. The van der Waals surface area contributed by atoms with E-state index in [1.54, 1.807) is 6.20 Å². The van der Waals surface area contributed by atoms with E-state index >= 15 is 0 Å². The Bertz CT molecular complexity index is 520. The standard InChI is InChI=1S/C15H22ClN5O/c16-13-9-17-10-14(20-13)18-11-4-3-5-12(8-11)19-15(22)21-6-1-2-7-21/h9-12H,1-8H2,(H,18,20)(H,19,22)/t11-,12+/m0/s1. The van der Waals surface area contributed by atoms with Crippen molar-refractivity contribution in [3.05, 3.63) is 17.5 Å². The lowest BCUT2D eigenvalue weighted by molar-refractivity contribution is 0.200. The van der Waals surface area contributed by atoms with Crippen LogP contribution in [0.25, 0.3) is 0 Å². The van der Waals surface area contributed by atoms with Gasteiger partial charge in [-0.25, -0.2) is 9.78 Å². The number of hydrogen-bond donors (Lipinski definition) is 2. The molecule has 6 nitrogen and oxygen atoms in total. The molecule has 2 N–H and O–H groups in total. The van der Waals surface area contributed by atoms with Gasteiger partial charge in [-0.15, -0.1) is 0 Å². The summed E-state index contributed by atoms with van der Waals surface area (Å²) in [5.74, 6) is 0.698. The fraction of sp³-hybridized carbons (Fsp3) is 0.667. The van der Waals surface area contributed by atoms with Crippen LogP contribution in [0.1, 0.15) is 38.5 Å².